The van der Waals surface area contributed by atoms with Crippen LogP contribution in [-0.4, -0.2) is 36.5 Å². The zero-order chi connectivity index (χ0) is 16.1. The summed E-state index contributed by atoms with van der Waals surface area (Å²) in [6, 6.07) is 0. The van der Waals surface area contributed by atoms with Gasteiger partial charge in [-0.3, -0.25) is 4.79 Å². The predicted octanol–water partition coefficient (Wildman–Crippen LogP) is 2.43. The maximum Gasteiger partial charge on any atom is 0.311 e. The van der Waals surface area contributed by atoms with Crippen molar-refractivity contribution in [2.45, 2.75) is 58.2 Å². The van der Waals surface area contributed by atoms with Gasteiger partial charge in [0.15, 0.2) is 0 Å². The van der Waals surface area contributed by atoms with Crippen LogP contribution >= 0.6 is 0 Å². The van der Waals surface area contributed by atoms with Crippen LogP contribution in [0.4, 0.5) is 0 Å². The Hall–Kier alpha value is -0.690. The lowest BCUT2D eigenvalue weighted by Gasteiger charge is -2.50. The van der Waals surface area contributed by atoms with Gasteiger partial charge in [-0.2, -0.15) is 0 Å². The van der Waals surface area contributed by atoms with Crippen molar-refractivity contribution in [1.82, 2.24) is 0 Å². The van der Waals surface area contributed by atoms with E-state index in [1.54, 1.807) is 14.0 Å². The van der Waals surface area contributed by atoms with Crippen LogP contribution in [0.3, 0.4) is 0 Å². The molecule has 0 aromatic heterocycles. The van der Waals surface area contributed by atoms with Gasteiger partial charge < -0.3 is 14.2 Å². The lowest BCUT2D eigenvalue weighted by Crippen LogP contribution is -2.55. The number of hydrogen-bond acceptors (Lipinski definition) is 6. The van der Waals surface area contributed by atoms with Crippen LogP contribution in [0.2, 0.25) is 0 Å². The minimum Gasteiger partial charge on any atom is -0.435 e. The van der Waals surface area contributed by atoms with Crippen molar-refractivity contribution in [3.05, 3.63) is 0 Å². The molecule has 2 heterocycles. The molecular weight excluding hydrogens is 288 g/mol. The van der Waals surface area contributed by atoms with Crippen LogP contribution in [0.1, 0.15) is 40.0 Å². The minimum atomic E-state index is -1.13. The Morgan fingerprint density at radius 1 is 1.32 bits per heavy atom. The Morgan fingerprint density at radius 2 is 2.05 bits per heavy atom. The maximum atomic E-state index is 12.2. The van der Waals surface area contributed by atoms with Gasteiger partial charge in [-0.05, 0) is 37.5 Å². The number of carbonyl (C=O) groups is 1. The Kier molecular flexibility index (Phi) is 4.22. The first kappa shape index (κ1) is 16.2. The monoisotopic (exact) mass is 314 g/mol. The number of carbonyl (C=O) groups excluding carboxylic acids is 1. The molecule has 8 atom stereocenters. The van der Waals surface area contributed by atoms with Crippen molar-refractivity contribution in [2.75, 3.05) is 7.11 Å². The van der Waals surface area contributed by atoms with Crippen molar-refractivity contribution in [3.63, 3.8) is 0 Å². The van der Waals surface area contributed by atoms with Crippen molar-refractivity contribution in [3.8, 4) is 0 Å². The highest BCUT2D eigenvalue weighted by molar-refractivity contribution is 5.73. The van der Waals surface area contributed by atoms with E-state index < -0.39 is 12.1 Å². The van der Waals surface area contributed by atoms with E-state index in [9.17, 15) is 10.1 Å². The summed E-state index contributed by atoms with van der Waals surface area (Å²) in [6.07, 6.45) is 1.73. The highest BCUT2D eigenvalue weighted by Gasteiger charge is 2.57. The SMILES string of the molecule is CO[C@H]1C[C@@H]2C3C(CC[C@@](C)(OO)O[C@H]3OC(=O)[C@@H]2C)[C@@H]1C. The van der Waals surface area contributed by atoms with E-state index in [0.717, 1.165) is 12.8 Å². The van der Waals surface area contributed by atoms with Gasteiger partial charge in [0.2, 0.25) is 12.1 Å². The minimum absolute atomic E-state index is 0.131. The molecule has 3 aliphatic rings. The molecule has 6 heteroatoms. The summed E-state index contributed by atoms with van der Waals surface area (Å²) in [5.41, 5.74) is 0. The van der Waals surface area contributed by atoms with E-state index in [-0.39, 0.29) is 29.8 Å². The molecule has 22 heavy (non-hydrogen) atoms. The van der Waals surface area contributed by atoms with E-state index in [0.29, 0.717) is 18.3 Å². The largest absolute Gasteiger partial charge is 0.435 e. The van der Waals surface area contributed by atoms with Gasteiger partial charge >= 0.3 is 5.97 Å². The van der Waals surface area contributed by atoms with Crippen LogP contribution < -0.4 is 0 Å². The smallest absolute Gasteiger partial charge is 0.311 e. The van der Waals surface area contributed by atoms with Crippen LogP contribution in [0.25, 0.3) is 0 Å². The fraction of sp³-hybridized carbons (Fsp3) is 0.938. The molecule has 2 aliphatic heterocycles. The molecule has 3 fully saturated rings. The molecule has 126 valence electrons. The van der Waals surface area contributed by atoms with Gasteiger partial charge in [-0.25, -0.2) is 10.1 Å². The van der Waals surface area contributed by atoms with Crippen molar-refractivity contribution >= 4 is 5.97 Å². The molecule has 2 saturated heterocycles. The number of hydrogen-bond donors (Lipinski definition) is 1. The summed E-state index contributed by atoms with van der Waals surface area (Å²) in [4.78, 5) is 16.8. The first-order chi connectivity index (χ1) is 10.4. The van der Waals surface area contributed by atoms with Crippen molar-refractivity contribution in [1.29, 1.82) is 0 Å². The second kappa shape index (κ2) is 5.74. The second-order valence-corrected chi connectivity index (χ2v) is 7.25. The van der Waals surface area contributed by atoms with Crippen LogP contribution in [0.15, 0.2) is 0 Å². The Bertz CT molecular complexity index is 440. The van der Waals surface area contributed by atoms with Gasteiger partial charge in [0, 0.05) is 19.4 Å². The summed E-state index contributed by atoms with van der Waals surface area (Å²) in [7, 11) is 1.74. The van der Waals surface area contributed by atoms with Crippen molar-refractivity contribution in [2.24, 2.45) is 29.6 Å². The Balaban J connectivity index is 1.96. The number of ether oxygens (including phenoxy) is 3. The molecule has 1 saturated carbocycles. The van der Waals surface area contributed by atoms with Gasteiger partial charge in [0.05, 0.1) is 12.0 Å². The molecule has 0 spiro atoms. The quantitative estimate of drug-likeness (QED) is 0.479. The third kappa shape index (κ3) is 2.46. The number of methoxy groups -OCH3 is 1. The molecule has 6 nitrogen and oxygen atoms in total. The lowest BCUT2D eigenvalue weighted by atomic mass is 9.60. The van der Waals surface area contributed by atoms with E-state index in [1.807, 2.05) is 6.92 Å². The topological polar surface area (TPSA) is 74.2 Å². The third-order valence-corrected chi connectivity index (χ3v) is 6.11. The third-order valence-electron chi connectivity index (χ3n) is 6.11. The fourth-order valence-electron chi connectivity index (χ4n) is 4.67. The lowest BCUT2D eigenvalue weighted by molar-refractivity contribution is -0.426. The highest BCUT2D eigenvalue weighted by atomic mass is 17.1. The van der Waals surface area contributed by atoms with Gasteiger partial charge in [0.25, 0.3) is 0 Å². The van der Waals surface area contributed by atoms with Crippen molar-refractivity contribution < 1.29 is 29.1 Å². The normalized spacial score (nSPS) is 51.7. The molecule has 3 rings (SSSR count). The fourth-order valence-corrected chi connectivity index (χ4v) is 4.67. The Morgan fingerprint density at radius 3 is 2.68 bits per heavy atom. The molecule has 2 unspecified atom stereocenters. The molecule has 1 aliphatic carbocycles. The van der Waals surface area contributed by atoms with Gasteiger partial charge in [-0.1, -0.05) is 13.8 Å². The molecule has 0 aromatic rings. The van der Waals surface area contributed by atoms with E-state index in [4.69, 9.17) is 14.2 Å². The van der Waals surface area contributed by atoms with Gasteiger partial charge in [-0.15, -0.1) is 0 Å². The highest BCUT2D eigenvalue weighted by Crippen LogP contribution is 2.53. The van der Waals surface area contributed by atoms with Crippen LogP contribution in [0.5, 0.6) is 0 Å². The molecule has 0 bridgehead atoms. The maximum absolute atomic E-state index is 12.2. The number of rotatable bonds is 2. The molecule has 0 aromatic carbocycles. The zero-order valence-corrected chi connectivity index (χ0v) is 13.7. The first-order valence-corrected chi connectivity index (χ1v) is 8.14. The summed E-state index contributed by atoms with van der Waals surface area (Å²) in [5.74, 6) is -0.544. The Labute approximate surface area is 131 Å². The predicted molar refractivity (Wildman–Crippen MR) is 76.5 cm³/mol. The van der Waals surface area contributed by atoms with E-state index in [2.05, 4.69) is 11.8 Å². The molecule has 1 N–H and O–H groups in total. The number of esters is 1. The standard InChI is InChI=1S/C16H26O6/c1-8-10-5-6-16(3,22-18)21-15-13(10)11(7-12(8)19-4)9(2)14(17)20-15/h8-13,15,18H,5-7H2,1-4H3/t8-,9+,10?,11-,12-,13?,15+,16+/m0/s1. The molecule has 0 amide bonds. The zero-order valence-electron chi connectivity index (χ0n) is 13.7. The van der Waals surface area contributed by atoms with Crippen LogP contribution in [-0.2, 0) is 23.9 Å². The van der Waals surface area contributed by atoms with Gasteiger partial charge in [0.1, 0.15) is 0 Å². The summed E-state index contributed by atoms with van der Waals surface area (Å²) < 4.78 is 17.1. The summed E-state index contributed by atoms with van der Waals surface area (Å²) in [6.45, 7) is 5.80. The average Bonchev–Trinajstić information content (AvgIpc) is 2.65. The van der Waals surface area contributed by atoms with E-state index in [1.165, 1.54) is 0 Å². The summed E-state index contributed by atoms with van der Waals surface area (Å²) >= 11 is 0. The van der Waals surface area contributed by atoms with E-state index >= 15 is 0 Å². The second-order valence-electron chi connectivity index (χ2n) is 7.25. The molecular formula is C16H26O6. The molecule has 0 radical (unpaired) electrons. The van der Waals surface area contributed by atoms with Crippen LogP contribution in [0, 0.1) is 29.6 Å². The average molecular weight is 314 g/mol. The first-order valence-electron chi connectivity index (χ1n) is 8.14. The summed E-state index contributed by atoms with van der Waals surface area (Å²) in [5, 5.41) is 9.20.